The maximum atomic E-state index is 13.3. The van der Waals surface area contributed by atoms with Crippen molar-refractivity contribution in [3.8, 4) is 16.9 Å². The smallest absolute Gasteiger partial charge is 0.324 e. The van der Waals surface area contributed by atoms with Gasteiger partial charge in [0.2, 0.25) is 10.0 Å². The molecule has 1 aliphatic carbocycles. The highest BCUT2D eigenvalue weighted by Gasteiger charge is 2.47. The molecule has 0 heterocycles. The predicted molar refractivity (Wildman–Crippen MR) is 144 cm³/mol. The Morgan fingerprint density at radius 1 is 0.973 bits per heavy atom. The van der Waals surface area contributed by atoms with Gasteiger partial charge in [-0.3, -0.25) is 4.79 Å². The van der Waals surface area contributed by atoms with E-state index in [9.17, 15) is 13.2 Å². The fraction of sp³-hybridized carbons (Fsp3) is 0.345. The van der Waals surface area contributed by atoms with Crippen LogP contribution < -0.4 is 14.8 Å². The molecule has 0 aromatic heterocycles. The molecule has 0 saturated heterocycles. The van der Waals surface area contributed by atoms with Crippen LogP contribution in [0.15, 0.2) is 83.8 Å². The van der Waals surface area contributed by atoms with Crippen LogP contribution in [0.25, 0.3) is 11.1 Å². The van der Waals surface area contributed by atoms with Crippen molar-refractivity contribution >= 4 is 16.0 Å². The summed E-state index contributed by atoms with van der Waals surface area (Å²) in [5, 5.41) is 3.55. The second-order valence-electron chi connectivity index (χ2n) is 9.79. The second kappa shape index (κ2) is 11.5. The van der Waals surface area contributed by atoms with E-state index in [1.54, 1.807) is 31.4 Å². The Balaban J connectivity index is 1.47. The van der Waals surface area contributed by atoms with Crippen molar-refractivity contribution < 1.29 is 22.7 Å². The maximum Gasteiger partial charge on any atom is 0.324 e. The standard InChI is InChI=1S/C29H34N2O5S/c1-29(18-17-24(19-29)30-20-21-7-5-4-6-8-21)27(28(32)36-3)31-37(33,34)26-15-11-23(12-16-26)22-9-13-25(35-2)14-10-22/h4-16,24,27,30-31H,17-20H2,1-3H3. The molecule has 196 valence electrons. The molecule has 0 aliphatic heterocycles. The fourth-order valence-electron chi connectivity index (χ4n) is 4.99. The summed E-state index contributed by atoms with van der Waals surface area (Å²) in [6, 6.07) is 23.4. The first-order chi connectivity index (χ1) is 17.7. The highest BCUT2D eigenvalue weighted by Crippen LogP contribution is 2.42. The van der Waals surface area contributed by atoms with Gasteiger partial charge in [0.15, 0.2) is 0 Å². The zero-order chi connectivity index (χ0) is 26.5. The number of sulfonamides is 1. The molecule has 4 rings (SSSR count). The molecule has 3 atom stereocenters. The van der Waals surface area contributed by atoms with E-state index in [2.05, 4.69) is 22.2 Å². The van der Waals surface area contributed by atoms with Crippen LogP contribution in [0.5, 0.6) is 5.75 Å². The summed E-state index contributed by atoms with van der Waals surface area (Å²) < 4.78 is 39.6. The summed E-state index contributed by atoms with van der Waals surface area (Å²) in [4.78, 5) is 12.9. The molecule has 37 heavy (non-hydrogen) atoms. The van der Waals surface area contributed by atoms with Gasteiger partial charge in [-0.15, -0.1) is 0 Å². The molecule has 2 N–H and O–H groups in total. The van der Waals surface area contributed by atoms with E-state index in [1.165, 1.54) is 12.7 Å². The zero-order valence-electron chi connectivity index (χ0n) is 21.4. The van der Waals surface area contributed by atoms with Gasteiger partial charge in [0.25, 0.3) is 0 Å². The number of ether oxygens (including phenoxy) is 2. The molecular weight excluding hydrogens is 488 g/mol. The summed E-state index contributed by atoms with van der Waals surface area (Å²) in [7, 11) is -1.07. The lowest BCUT2D eigenvalue weighted by Crippen LogP contribution is -2.51. The Hall–Kier alpha value is -3.20. The number of esters is 1. The molecule has 0 amide bonds. The lowest BCUT2D eigenvalue weighted by molar-refractivity contribution is -0.145. The van der Waals surface area contributed by atoms with Crippen LogP contribution in [0.2, 0.25) is 0 Å². The Morgan fingerprint density at radius 3 is 2.19 bits per heavy atom. The molecule has 3 aromatic rings. The molecular formula is C29H34N2O5S. The van der Waals surface area contributed by atoms with E-state index in [4.69, 9.17) is 9.47 Å². The minimum atomic E-state index is -3.96. The van der Waals surface area contributed by atoms with Crippen molar-refractivity contribution in [3.05, 3.63) is 84.4 Å². The Kier molecular flexibility index (Phi) is 8.32. The lowest BCUT2D eigenvalue weighted by atomic mass is 9.81. The molecule has 8 heteroatoms. The van der Waals surface area contributed by atoms with Crippen molar-refractivity contribution in [1.29, 1.82) is 0 Å². The predicted octanol–water partition coefficient (Wildman–Crippen LogP) is 4.53. The first kappa shape index (κ1) is 26.9. The van der Waals surface area contributed by atoms with Crippen molar-refractivity contribution in [3.63, 3.8) is 0 Å². The summed E-state index contributed by atoms with van der Waals surface area (Å²) in [5.41, 5.74) is 2.41. The van der Waals surface area contributed by atoms with Crippen LogP contribution in [-0.4, -0.2) is 40.7 Å². The molecule has 3 unspecified atom stereocenters. The van der Waals surface area contributed by atoms with Gasteiger partial charge in [-0.05, 0) is 65.6 Å². The number of rotatable bonds is 10. The third-order valence-corrected chi connectivity index (χ3v) is 8.65. The average Bonchev–Trinajstić information content (AvgIpc) is 3.32. The Morgan fingerprint density at radius 2 is 1.59 bits per heavy atom. The zero-order valence-corrected chi connectivity index (χ0v) is 22.3. The van der Waals surface area contributed by atoms with Crippen molar-refractivity contribution in [2.75, 3.05) is 14.2 Å². The highest BCUT2D eigenvalue weighted by atomic mass is 32.2. The molecule has 0 bridgehead atoms. The number of methoxy groups -OCH3 is 2. The van der Waals surface area contributed by atoms with Crippen LogP contribution in [0, 0.1) is 5.41 Å². The topological polar surface area (TPSA) is 93.7 Å². The summed E-state index contributed by atoms with van der Waals surface area (Å²) >= 11 is 0. The lowest BCUT2D eigenvalue weighted by Gasteiger charge is -2.32. The number of nitrogens with one attached hydrogen (secondary N) is 2. The number of hydrogen-bond donors (Lipinski definition) is 2. The highest BCUT2D eigenvalue weighted by molar-refractivity contribution is 7.89. The molecule has 1 aliphatic rings. The van der Waals surface area contributed by atoms with Gasteiger partial charge in [0.05, 0.1) is 19.1 Å². The van der Waals surface area contributed by atoms with Gasteiger partial charge in [-0.2, -0.15) is 4.72 Å². The normalized spacial score (nSPS) is 20.4. The first-order valence-corrected chi connectivity index (χ1v) is 13.8. The minimum absolute atomic E-state index is 0.0963. The van der Waals surface area contributed by atoms with Gasteiger partial charge >= 0.3 is 5.97 Å². The molecule has 0 spiro atoms. The van der Waals surface area contributed by atoms with Crippen molar-refractivity contribution in [2.24, 2.45) is 5.41 Å². The van der Waals surface area contributed by atoms with Gasteiger partial charge in [-0.25, -0.2) is 8.42 Å². The maximum absolute atomic E-state index is 13.3. The minimum Gasteiger partial charge on any atom is -0.497 e. The third kappa shape index (κ3) is 6.39. The van der Waals surface area contributed by atoms with E-state index in [0.717, 1.165) is 29.8 Å². The van der Waals surface area contributed by atoms with E-state index < -0.39 is 27.4 Å². The number of carbonyl (C=O) groups is 1. The largest absolute Gasteiger partial charge is 0.497 e. The van der Waals surface area contributed by atoms with Crippen molar-refractivity contribution in [2.45, 2.75) is 49.7 Å². The molecule has 3 aromatic carbocycles. The van der Waals surface area contributed by atoms with E-state index in [0.29, 0.717) is 12.8 Å². The van der Waals surface area contributed by atoms with Crippen molar-refractivity contribution in [1.82, 2.24) is 10.0 Å². The molecule has 7 nitrogen and oxygen atoms in total. The quantitative estimate of drug-likeness (QED) is 0.380. The molecule has 1 saturated carbocycles. The van der Waals surface area contributed by atoms with Gasteiger partial charge in [-0.1, -0.05) is 61.5 Å². The third-order valence-electron chi connectivity index (χ3n) is 7.21. The molecule has 1 fully saturated rings. The van der Waals surface area contributed by atoms with E-state index in [1.807, 2.05) is 49.4 Å². The second-order valence-corrected chi connectivity index (χ2v) is 11.5. The summed E-state index contributed by atoms with van der Waals surface area (Å²) in [5.74, 6) is 0.170. The monoisotopic (exact) mass is 522 g/mol. The number of hydrogen-bond acceptors (Lipinski definition) is 6. The average molecular weight is 523 g/mol. The van der Waals surface area contributed by atoms with Gasteiger partial charge in [0.1, 0.15) is 11.8 Å². The molecule has 0 radical (unpaired) electrons. The van der Waals surface area contributed by atoms with E-state index in [-0.39, 0.29) is 10.9 Å². The SMILES string of the molecule is COC(=O)C(NS(=O)(=O)c1ccc(-c2ccc(OC)cc2)cc1)C1(C)CCC(NCc2ccccc2)C1. The number of benzene rings is 3. The van der Waals surface area contributed by atoms with Crippen LogP contribution in [0.4, 0.5) is 0 Å². The fourth-order valence-corrected chi connectivity index (χ4v) is 6.31. The Labute approximate surface area is 219 Å². The Bertz CT molecular complexity index is 1290. The van der Waals surface area contributed by atoms with Crippen LogP contribution in [-0.2, 0) is 26.1 Å². The number of carbonyl (C=O) groups excluding carboxylic acids is 1. The first-order valence-electron chi connectivity index (χ1n) is 12.4. The summed E-state index contributed by atoms with van der Waals surface area (Å²) in [6.07, 6.45) is 2.19. The van der Waals surface area contributed by atoms with Crippen LogP contribution >= 0.6 is 0 Å². The summed E-state index contributed by atoms with van der Waals surface area (Å²) in [6.45, 7) is 2.67. The van der Waals surface area contributed by atoms with Crippen LogP contribution in [0.3, 0.4) is 0 Å². The van der Waals surface area contributed by atoms with Gasteiger partial charge in [0, 0.05) is 12.6 Å². The van der Waals surface area contributed by atoms with E-state index >= 15 is 0 Å². The van der Waals surface area contributed by atoms with Gasteiger partial charge < -0.3 is 14.8 Å². The van der Waals surface area contributed by atoms with Crippen LogP contribution in [0.1, 0.15) is 31.7 Å².